The molecule has 2 aromatic rings. The zero-order valence-electron chi connectivity index (χ0n) is 12.6. The van der Waals surface area contributed by atoms with Crippen LogP contribution in [0.3, 0.4) is 0 Å². The molecular formula is C17H18N2O3. The Bertz CT molecular complexity index is 683. The van der Waals surface area contributed by atoms with E-state index in [1.165, 1.54) is 0 Å². The van der Waals surface area contributed by atoms with Crippen molar-refractivity contribution in [2.75, 3.05) is 19.0 Å². The summed E-state index contributed by atoms with van der Waals surface area (Å²) in [6.07, 6.45) is 0. The third-order valence-electron chi connectivity index (χ3n) is 3.05. The van der Waals surface area contributed by atoms with Crippen LogP contribution in [-0.2, 0) is 0 Å². The van der Waals surface area contributed by atoms with E-state index in [9.17, 15) is 9.59 Å². The number of rotatable bonds is 5. The third kappa shape index (κ3) is 3.85. The van der Waals surface area contributed by atoms with E-state index < -0.39 is 0 Å². The highest BCUT2D eigenvalue weighted by molar-refractivity contribution is 6.05. The van der Waals surface area contributed by atoms with Crippen LogP contribution in [0.4, 0.5) is 5.69 Å². The summed E-state index contributed by atoms with van der Waals surface area (Å²) in [6, 6.07) is 13.7. The highest BCUT2D eigenvalue weighted by atomic mass is 16.5. The Balaban J connectivity index is 2.14. The highest BCUT2D eigenvalue weighted by Crippen LogP contribution is 2.16. The van der Waals surface area contributed by atoms with Crippen LogP contribution in [0.25, 0.3) is 0 Å². The van der Waals surface area contributed by atoms with E-state index >= 15 is 0 Å². The van der Waals surface area contributed by atoms with Gasteiger partial charge in [0.15, 0.2) is 0 Å². The van der Waals surface area contributed by atoms with Crippen molar-refractivity contribution in [2.45, 2.75) is 6.92 Å². The number of methoxy groups -OCH3 is 1. The predicted octanol–water partition coefficient (Wildman–Crippen LogP) is 2.70. The fourth-order valence-electron chi connectivity index (χ4n) is 1.97. The molecule has 2 N–H and O–H groups in total. The first-order chi connectivity index (χ1) is 10.6. The van der Waals surface area contributed by atoms with E-state index in [1.807, 2.05) is 6.92 Å². The molecular weight excluding hydrogens is 280 g/mol. The molecule has 2 rings (SSSR count). The van der Waals surface area contributed by atoms with Crippen molar-refractivity contribution >= 4 is 17.5 Å². The SMILES string of the molecule is CCNC(=O)c1cccc(NC(=O)c2cccc(OC)c2)c1. The Morgan fingerprint density at radius 1 is 1.00 bits per heavy atom. The lowest BCUT2D eigenvalue weighted by Gasteiger charge is -2.08. The average Bonchev–Trinajstić information content (AvgIpc) is 2.55. The molecule has 5 heteroatoms. The molecule has 0 unspecified atom stereocenters. The maximum Gasteiger partial charge on any atom is 0.255 e. The molecule has 2 amide bonds. The number of carbonyl (C=O) groups is 2. The Morgan fingerprint density at radius 2 is 1.68 bits per heavy atom. The topological polar surface area (TPSA) is 67.4 Å². The number of amides is 2. The molecule has 0 saturated carbocycles. The van der Waals surface area contributed by atoms with Gasteiger partial charge >= 0.3 is 0 Å². The number of benzene rings is 2. The van der Waals surface area contributed by atoms with Crippen LogP contribution >= 0.6 is 0 Å². The van der Waals surface area contributed by atoms with Crippen LogP contribution < -0.4 is 15.4 Å². The van der Waals surface area contributed by atoms with Crippen LogP contribution in [0.1, 0.15) is 27.6 Å². The lowest BCUT2D eigenvalue weighted by Crippen LogP contribution is -2.22. The smallest absolute Gasteiger partial charge is 0.255 e. The second-order valence-corrected chi connectivity index (χ2v) is 4.63. The minimum atomic E-state index is -0.257. The number of hydrogen-bond acceptors (Lipinski definition) is 3. The zero-order valence-corrected chi connectivity index (χ0v) is 12.6. The summed E-state index contributed by atoms with van der Waals surface area (Å²) in [7, 11) is 1.55. The Morgan fingerprint density at radius 3 is 2.36 bits per heavy atom. The molecule has 0 spiro atoms. The quantitative estimate of drug-likeness (QED) is 0.892. The summed E-state index contributed by atoms with van der Waals surface area (Å²) < 4.78 is 5.10. The van der Waals surface area contributed by atoms with Gasteiger partial charge in [-0.05, 0) is 43.3 Å². The number of carbonyl (C=O) groups excluding carboxylic acids is 2. The predicted molar refractivity (Wildman–Crippen MR) is 85.4 cm³/mol. The van der Waals surface area contributed by atoms with Crippen molar-refractivity contribution in [3.05, 3.63) is 59.7 Å². The molecule has 0 aliphatic carbocycles. The third-order valence-corrected chi connectivity index (χ3v) is 3.05. The lowest BCUT2D eigenvalue weighted by atomic mass is 10.1. The summed E-state index contributed by atoms with van der Waals surface area (Å²) in [4.78, 5) is 24.0. The van der Waals surface area contributed by atoms with Crippen molar-refractivity contribution in [1.29, 1.82) is 0 Å². The van der Waals surface area contributed by atoms with Gasteiger partial charge in [-0.15, -0.1) is 0 Å². The fourth-order valence-corrected chi connectivity index (χ4v) is 1.97. The second kappa shape index (κ2) is 7.26. The van der Waals surface area contributed by atoms with E-state index in [0.717, 1.165) is 0 Å². The molecule has 22 heavy (non-hydrogen) atoms. The Hall–Kier alpha value is -2.82. The molecule has 114 valence electrons. The van der Waals surface area contributed by atoms with Crippen LogP contribution in [0.5, 0.6) is 5.75 Å². The maximum atomic E-state index is 12.2. The second-order valence-electron chi connectivity index (χ2n) is 4.63. The summed E-state index contributed by atoms with van der Waals surface area (Å²) in [5.74, 6) is 0.190. The molecule has 0 atom stereocenters. The molecule has 0 bridgehead atoms. The van der Waals surface area contributed by atoms with Crippen molar-refractivity contribution in [3.63, 3.8) is 0 Å². The van der Waals surface area contributed by atoms with Crippen LogP contribution in [0.15, 0.2) is 48.5 Å². The summed E-state index contributed by atoms with van der Waals surface area (Å²) in [5, 5.41) is 5.49. The molecule has 0 saturated heterocycles. The molecule has 2 aromatic carbocycles. The van der Waals surface area contributed by atoms with E-state index in [4.69, 9.17) is 4.74 Å². The minimum absolute atomic E-state index is 0.167. The van der Waals surface area contributed by atoms with Gasteiger partial charge in [0.05, 0.1) is 7.11 Å². The fraction of sp³-hybridized carbons (Fsp3) is 0.176. The number of nitrogens with one attached hydrogen (secondary N) is 2. The van der Waals surface area contributed by atoms with Crippen molar-refractivity contribution < 1.29 is 14.3 Å². The monoisotopic (exact) mass is 298 g/mol. The summed E-state index contributed by atoms with van der Waals surface area (Å²) in [5.41, 5.74) is 1.56. The first-order valence-electron chi connectivity index (χ1n) is 6.97. The highest BCUT2D eigenvalue weighted by Gasteiger charge is 2.09. The van der Waals surface area contributed by atoms with Gasteiger partial charge in [-0.1, -0.05) is 12.1 Å². The van der Waals surface area contributed by atoms with Crippen molar-refractivity contribution in [1.82, 2.24) is 5.32 Å². The standard InChI is InChI=1S/C17H18N2O3/c1-3-18-16(20)12-6-4-8-14(10-12)19-17(21)13-7-5-9-15(11-13)22-2/h4-11H,3H2,1-2H3,(H,18,20)(H,19,21). The minimum Gasteiger partial charge on any atom is -0.497 e. The summed E-state index contributed by atoms with van der Waals surface area (Å²) >= 11 is 0. The Labute approximate surface area is 129 Å². The van der Waals surface area contributed by atoms with Crippen molar-refractivity contribution in [3.8, 4) is 5.75 Å². The number of hydrogen-bond donors (Lipinski definition) is 2. The van der Waals surface area contributed by atoms with E-state index in [1.54, 1.807) is 55.6 Å². The van der Waals surface area contributed by atoms with E-state index in [-0.39, 0.29) is 11.8 Å². The van der Waals surface area contributed by atoms with Gasteiger partial charge in [-0.3, -0.25) is 9.59 Å². The molecule has 5 nitrogen and oxygen atoms in total. The van der Waals surface area contributed by atoms with Gasteiger partial charge in [0.25, 0.3) is 11.8 Å². The number of anilines is 1. The zero-order chi connectivity index (χ0) is 15.9. The van der Waals surface area contributed by atoms with Crippen LogP contribution in [0.2, 0.25) is 0 Å². The molecule has 0 aliphatic rings. The molecule has 0 heterocycles. The molecule has 0 aliphatic heterocycles. The van der Waals surface area contributed by atoms with Crippen LogP contribution in [0, 0.1) is 0 Å². The molecule has 0 aromatic heterocycles. The number of ether oxygens (including phenoxy) is 1. The van der Waals surface area contributed by atoms with Crippen molar-refractivity contribution in [2.24, 2.45) is 0 Å². The largest absolute Gasteiger partial charge is 0.497 e. The Kier molecular flexibility index (Phi) is 5.14. The van der Waals surface area contributed by atoms with Gasteiger partial charge < -0.3 is 15.4 Å². The van der Waals surface area contributed by atoms with Gasteiger partial charge in [-0.25, -0.2) is 0 Å². The average molecular weight is 298 g/mol. The van der Waals surface area contributed by atoms with Gasteiger partial charge in [-0.2, -0.15) is 0 Å². The lowest BCUT2D eigenvalue weighted by molar-refractivity contribution is 0.0954. The van der Waals surface area contributed by atoms with Gasteiger partial charge in [0.2, 0.25) is 0 Å². The van der Waals surface area contributed by atoms with E-state index in [2.05, 4.69) is 10.6 Å². The van der Waals surface area contributed by atoms with Gasteiger partial charge in [0, 0.05) is 23.4 Å². The molecule has 0 fully saturated rings. The normalized spacial score (nSPS) is 9.91. The molecule has 0 radical (unpaired) electrons. The maximum absolute atomic E-state index is 12.2. The summed E-state index contributed by atoms with van der Waals surface area (Å²) in [6.45, 7) is 2.41. The van der Waals surface area contributed by atoms with Gasteiger partial charge in [0.1, 0.15) is 5.75 Å². The first-order valence-corrected chi connectivity index (χ1v) is 6.97. The van der Waals surface area contributed by atoms with Crippen LogP contribution in [-0.4, -0.2) is 25.5 Å². The first kappa shape index (κ1) is 15.6. The van der Waals surface area contributed by atoms with E-state index in [0.29, 0.717) is 29.1 Å².